The van der Waals surface area contributed by atoms with Gasteiger partial charge < -0.3 is 15.0 Å². The predicted molar refractivity (Wildman–Crippen MR) is 140 cm³/mol. The van der Waals surface area contributed by atoms with Crippen LogP contribution < -0.4 is 10.1 Å². The first-order valence-electron chi connectivity index (χ1n) is 12.3. The number of likely N-dealkylation sites (tertiary alicyclic amines) is 2. The van der Waals surface area contributed by atoms with Crippen LogP contribution in [0.1, 0.15) is 45.1 Å². The van der Waals surface area contributed by atoms with E-state index in [2.05, 4.69) is 48.3 Å². The number of nitrogens with one attached hydrogen (secondary N) is 1. The number of benzene rings is 2. The molecule has 2 aliphatic rings. The maximum Gasteiger partial charge on any atom is 0.321 e. The van der Waals surface area contributed by atoms with Crippen molar-refractivity contribution in [3.05, 3.63) is 58.1 Å². The highest BCUT2D eigenvalue weighted by molar-refractivity contribution is 6.35. The number of para-hydroxylation sites is 1. The van der Waals surface area contributed by atoms with E-state index in [0.29, 0.717) is 27.1 Å². The van der Waals surface area contributed by atoms with Gasteiger partial charge in [-0.05, 0) is 74.4 Å². The van der Waals surface area contributed by atoms with Gasteiger partial charge in [-0.1, -0.05) is 55.2 Å². The van der Waals surface area contributed by atoms with Crippen LogP contribution in [0, 0.1) is 11.3 Å². The molecule has 0 atom stereocenters. The summed E-state index contributed by atoms with van der Waals surface area (Å²) >= 11 is 12.1. The van der Waals surface area contributed by atoms with Crippen molar-refractivity contribution in [1.82, 2.24) is 9.80 Å². The van der Waals surface area contributed by atoms with Gasteiger partial charge in [0.25, 0.3) is 0 Å². The van der Waals surface area contributed by atoms with Crippen molar-refractivity contribution < 1.29 is 9.53 Å². The van der Waals surface area contributed by atoms with Gasteiger partial charge in [0.15, 0.2) is 0 Å². The number of halogens is 2. The number of rotatable bonds is 6. The van der Waals surface area contributed by atoms with E-state index in [1.165, 1.54) is 18.4 Å². The van der Waals surface area contributed by atoms with Crippen LogP contribution in [0.25, 0.3) is 0 Å². The van der Waals surface area contributed by atoms with Gasteiger partial charge in [0.05, 0.1) is 6.61 Å². The van der Waals surface area contributed by atoms with Crippen molar-refractivity contribution >= 4 is 34.9 Å². The molecule has 0 aliphatic carbocycles. The van der Waals surface area contributed by atoms with Gasteiger partial charge in [0.2, 0.25) is 0 Å². The fraction of sp³-hybridized carbons (Fsp3) is 0.519. The molecule has 2 aromatic carbocycles. The van der Waals surface area contributed by atoms with E-state index in [4.69, 9.17) is 27.9 Å². The zero-order valence-electron chi connectivity index (χ0n) is 20.2. The summed E-state index contributed by atoms with van der Waals surface area (Å²) in [6.45, 7) is 9.77. The monoisotopic (exact) mass is 503 g/mol. The number of piperidine rings is 2. The Balaban J connectivity index is 1.26. The van der Waals surface area contributed by atoms with Crippen molar-refractivity contribution in [3.63, 3.8) is 0 Å². The van der Waals surface area contributed by atoms with Crippen LogP contribution in [-0.4, -0.2) is 48.6 Å². The molecule has 34 heavy (non-hydrogen) atoms. The Morgan fingerprint density at radius 3 is 2.26 bits per heavy atom. The molecule has 0 saturated carbocycles. The lowest BCUT2D eigenvalue weighted by Crippen LogP contribution is -2.49. The minimum absolute atomic E-state index is 0.0800. The van der Waals surface area contributed by atoms with Crippen molar-refractivity contribution in [2.45, 2.75) is 46.1 Å². The Morgan fingerprint density at radius 2 is 1.62 bits per heavy atom. The quantitative estimate of drug-likeness (QED) is 0.464. The van der Waals surface area contributed by atoms with Crippen LogP contribution in [0.2, 0.25) is 10.0 Å². The normalized spacial score (nSPS) is 18.3. The number of carbonyl (C=O) groups excluding carboxylic acids is 1. The van der Waals surface area contributed by atoms with Crippen LogP contribution in [0.3, 0.4) is 0 Å². The fourth-order valence-electron chi connectivity index (χ4n) is 4.97. The first kappa shape index (κ1) is 25.2. The molecular formula is C27H35Cl2N3O2. The molecule has 2 aliphatic heterocycles. The number of ether oxygens (including phenoxy) is 1. The van der Waals surface area contributed by atoms with Crippen LogP contribution in [0.4, 0.5) is 10.5 Å². The molecular weight excluding hydrogens is 469 g/mol. The minimum atomic E-state index is -0.0800. The van der Waals surface area contributed by atoms with Crippen molar-refractivity contribution in [2.75, 3.05) is 38.1 Å². The average Bonchev–Trinajstić information content (AvgIpc) is 2.80. The topological polar surface area (TPSA) is 44.8 Å². The zero-order chi connectivity index (χ0) is 24.1. The maximum atomic E-state index is 12.8. The second kappa shape index (κ2) is 11.2. The SMILES string of the molecule is CC(C)COc1ccccc1CN1CCC2(CC1)CCN(C(=O)Nc1cc(Cl)cc(Cl)c1)CC2. The third-order valence-electron chi connectivity index (χ3n) is 7.08. The first-order valence-corrected chi connectivity index (χ1v) is 13.0. The molecule has 0 radical (unpaired) electrons. The molecule has 0 unspecified atom stereocenters. The highest BCUT2D eigenvalue weighted by atomic mass is 35.5. The summed E-state index contributed by atoms with van der Waals surface area (Å²) in [6, 6.07) is 13.4. The molecule has 0 bridgehead atoms. The molecule has 0 aromatic heterocycles. The van der Waals surface area contributed by atoms with E-state index in [1.807, 2.05) is 4.90 Å². The number of carbonyl (C=O) groups is 1. The summed E-state index contributed by atoms with van der Waals surface area (Å²) in [5, 5.41) is 3.97. The molecule has 2 fully saturated rings. The molecule has 4 rings (SSSR count). The molecule has 2 aromatic rings. The highest BCUT2D eigenvalue weighted by Gasteiger charge is 2.38. The van der Waals surface area contributed by atoms with Crippen molar-refractivity contribution in [1.29, 1.82) is 0 Å². The van der Waals surface area contributed by atoms with Gasteiger partial charge in [-0.3, -0.25) is 4.90 Å². The number of anilines is 1. The van der Waals surface area contributed by atoms with Crippen molar-refractivity contribution in [3.8, 4) is 5.75 Å². The number of hydrogen-bond donors (Lipinski definition) is 1. The lowest BCUT2D eigenvalue weighted by Gasteiger charge is -2.47. The fourth-order valence-corrected chi connectivity index (χ4v) is 5.50. The molecule has 7 heteroatoms. The molecule has 184 valence electrons. The number of nitrogens with zero attached hydrogens (tertiary/aromatic N) is 2. The number of urea groups is 1. The lowest BCUT2D eigenvalue weighted by molar-refractivity contribution is 0.0439. The lowest BCUT2D eigenvalue weighted by atomic mass is 9.71. The Hall–Kier alpha value is -1.95. The second-order valence-corrected chi connectivity index (χ2v) is 11.0. The van der Waals surface area contributed by atoms with Gasteiger partial charge in [0.1, 0.15) is 5.75 Å². The van der Waals surface area contributed by atoms with E-state index in [9.17, 15) is 4.79 Å². The largest absolute Gasteiger partial charge is 0.493 e. The molecule has 1 spiro atoms. The van der Waals surface area contributed by atoms with E-state index < -0.39 is 0 Å². The Bertz CT molecular complexity index is 959. The van der Waals surface area contributed by atoms with E-state index >= 15 is 0 Å². The van der Waals surface area contributed by atoms with E-state index in [1.54, 1.807) is 18.2 Å². The highest BCUT2D eigenvalue weighted by Crippen LogP contribution is 2.42. The van der Waals surface area contributed by atoms with Gasteiger partial charge in [-0.25, -0.2) is 4.79 Å². The Kier molecular flexibility index (Phi) is 8.28. The smallest absolute Gasteiger partial charge is 0.321 e. The molecule has 2 saturated heterocycles. The van der Waals surface area contributed by atoms with Crippen LogP contribution in [-0.2, 0) is 6.54 Å². The standard InChI is InChI=1S/C27H35Cl2N3O2/c1-20(2)19-34-25-6-4-3-5-21(25)18-31-11-7-27(8-12-31)9-13-32(14-10-27)26(33)30-24-16-22(28)15-23(29)17-24/h3-6,15-17,20H,7-14,18-19H2,1-2H3,(H,30,33). The molecule has 5 nitrogen and oxygen atoms in total. The summed E-state index contributed by atoms with van der Waals surface area (Å²) < 4.78 is 6.06. The van der Waals surface area contributed by atoms with E-state index in [-0.39, 0.29) is 6.03 Å². The number of amides is 2. The summed E-state index contributed by atoms with van der Waals surface area (Å²) in [7, 11) is 0. The average molecular weight is 505 g/mol. The van der Waals surface area contributed by atoms with Gasteiger partial charge in [-0.2, -0.15) is 0 Å². The third kappa shape index (κ3) is 6.59. The van der Waals surface area contributed by atoms with Crippen LogP contribution in [0.15, 0.2) is 42.5 Å². The van der Waals surface area contributed by atoms with Gasteiger partial charge >= 0.3 is 6.03 Å². The summed E-state index contributed by atoms with van der Waals surface area (Å²) in [5.41, 5.74) is 2.25. The Morgan fingerprint density at radius 1 is 1.00 bits per heavy atom. The Labute approximate surface area is 213 Å². The van der Waals surface area contributed by atoms with Crippen LogP contribution in [0.5, 0.6) is 5.75 Å². The number of hydrogen-bond acceptors (Lipinski definition) is 3. The zero-order valence-corrected chi connectivity index (χ0v) is 21.7. The third-order valence-corrected chi connectivity index (χ3v) is 7.52. The summed E-state index contributed by atoms with van der Waals surface area (Å²) in [4.78, 5) is 17.2. The van der Waals surface area contributed by atoms with Crippen molar-refractivity contribution in [2.24, 2.45) is 11.3 Å². The minimum Gasteiger partial charge on any atom is -0.493 e. The first-order chi connectivity index (χ1) is 16.3. The second-order valence-electron chi connectivity index (χ2n) is 10.2. The van der Waals surface area contributed by atoms with E-state index in [0.717, 1.165) is 57.9 Å². The molecule has 2 amide bonds. The van der Waals surface area contributed by atoms with Crippen LogP contribution >= 0.6 is 23.2 Å². The maximum absolute atomic E-state index is 12.8. The molecule has 2 heterocycles. The predicted octanol–water partition coefficient (Wildman–Crippen LogP) is 6.94. The molecule has 1 N–H and O–H groups in total. The summed E-state index contributed by atoms with van der Waals surface area (Å²) in [6.07, 6.45) is 4.47. The van der Waals surface area contributed by atoms with Gasteiger partial charge in [-0.15, -0.1) is 0 Å². The van der Waals surface area contributed by atoms with Gasteiger partial charge in [0, 0.05) is 40.9 Å². The summed E-state index contributed by atoms with van der Waals surface area (Å²) in [5.74, 6) is 1.52.